The lowest BCUT2D eigenvalue weighted by Crippen LogP contribution is -2.57. The number of likely N-dealkylation sites (tertiary alicyclic amines) is 1. The Kier molecular flexibility index (Phi) is 20.8. The predicted molar refractivity (Wildman–Crippen MR) is 211 cm³/mol. The molecule has 10 amide bonds. The Morgan fingerprint density at radius 2 is 1.30 bits per heavy atom. The van der Waals surface area contributed by atoms with E-state index in [2.05, 4.69) is 42.5 Å². The number of aliphatic hydroxyl groups is 1. The molecule has 0 saturated carbocycles. The second-order valence-electron chi connectivity index (χ2n) is 15.9. The van der Waals surface area contributed by atoms with Gasteiger partial charge in [0.1, 0.15) is 30.2 Å². The lowest BCUT2D eigenvalue weighted by molar-refractivity contribution is -0.166. The van der Waals surface area contributed by atoms with Gasteiger partial charge in [0.25, 0.3) is 5.91 Å². The van der Waals surface area contributed by atoms with Gasteiger partial charge in [-0.1, -0.05) is 27.7 Å². The molecule has 7 atom stereocenters. The number of hydrogen-bond donors (Lipinski definition) is 11. The number of amides is 10. The van der Waals surface area contributed by atoms with Gasteiger partial charge in [0.15, 0.2) is 0 Å². The number of hydroxylamine groups is 2. The molecule has 0 aromatic rings. The van der Waals surface area contributed by atoms with E-state index in [4.69, 9.17) is 5.73 Å². The van der Waals surface area contributed by atoms with Crippen molar-refractivity contribution in [2.24, 2.45) is 17.6 Å². The van der Waals surface area contributed by atoms with Crippen LogP contribution in [0.1, 0.15) is 79.6 Å². The van der Waals surface area contributed by atoms with Crippen molar-refractivity contribution in [1.29, 1.82) is 0 Å². The molecule has 0 aromatic heterocycles. The molecule has 0 radical (unpaired) electrons. The summed E-state index contributed by atoms with van der Waals surface area (Å²) in [6.07, 6.45) is 0.0882. The predicted octanol–water partition coefficient (Wildman–Crippen LogP) is -4.79. The number of rotatable bonds is 23. The van der Waals surface area contributed by atoms with Crippen molar-refractivity contribution in [3.63, 3.8) is 0 Å². The van der Waals surface area contributed by atoms with Crippen molar-refractivity contribution in [3.8, 4) is 0 Å². The first-order valence-corrected chi connectivity index (χ1v) is 20.1. The van der Waals surface area contributed by atoms with E-state index >= 15 is 0 Å². The number of aliphatic hydroxyl groups excluding tert-OH is 1. The summed E-state index contributed by atoms with van der Waals surface area (Å²) in [4.78, 5) is 129. The fraction of sp³-hybridized carbons (Fsp3) is 0.730. The fourth-order valence-corrected chi connectivity index (χ4v) is 6.56. The molecule has 0 aliphatic carbocycles. The molecule has 0 aromatic carbocycles. The Bertz CT molecular complexity index is 1580. The fourth-order valence-electron chi connectivity index (χ4n) is 6.56. The van der Waals surface area contributed by atoms with Gasteiger partial charge < -0.3 is 58.3 Å². The van der Waals surface area contributed by atoms with Crippen LogP contribution in [0.15, 0.2) is 0 Å². The summed E-state index contributed by atoms with van der Waals surface area (Å²) < 4.78 is 0. The molecule has 2 fully saturated rings. The van der Waals surface area contributed by atoms with Gasteiger partial charge >= 0.3 is 0 Å². The van der Waals surface area contributed by atoms with Gasteiger partial charge in [-0.2, -0.15) is 0 Å². The van der Waals surface area contributed by atoms with E-state index in [1.807, 2.05) is 0 Å². The molecule has 2 saturated heterocycles. The topological polar surface area (TPSA) is 340 Å². The first-order valence-electron chi connectivity index (χ1n) is 20.1. The Labute approximate surface area is 348 Å². The third-order valence-corrected chi connectivity index (χ3v) is 9.64. The molecule has 2 heterocycles. The standard InChI is InChI=1S/C37H63N11O12/c1-19(2)12-25(46-35(57)23(9-10-28(38)50)44-29(51)16-40-33(55)24-14-22(49)15-39-24)34(56)41-17-30(52)45-26(13-20(3)4)36(58)43-21(5)32(54)42-18-31(53)48-11-7-8-27(48)37(59)47(6)60/h19-27,39,49,60H,7-18H2,1-6H3,(H2,38,50)(H,40,55)(H,41,56)(H,42,54)(H,43,58)(H,44,51)(H,45,52)(H,46,57)/t21-,22+,23-,24-,25-,26-,27-/m0/s1. The first-order chi connectivity index (χ1) is 28.1. The SMILES string of the molecule is CC(C)C[C@H](NC(=O)CNC(=O)[C@H](CC(C)C)NC(=O)[C@H](CCC(N)=O)NC(=O)CNC(=O)[C@@H]1C[C@@H](O)CN1)C(=O)N[C@@H](C)C(=O)NCC(=O)N1CCC[C@H]1C(=O)N(C)O. The van der Waals surface area contributed by atoms with Crippen LogP contribution in [0.25, 0.3) is 0 Å². The van der Waals surface area contributed by atoms with Crippen LogP contribution >= 0.6 is 0 Å². The number of carbonyl (C=O) groups excluding carboxylic acids is 10. The van der Waals surface area contributed by atoms with Crippen LogP contribution in [-0.2, 0) is 47.9 Å². The maximum Gasteiger partial charge on any atom is 0.268 e. The van der Waals surface area contributed by atoms with E-state index < -0.39 is 121 Å². The summed E-state index contributed by atoms with van der Waals surface area (Å²) in [5.74, 6) is -7.27. The maximum atomic E-state index is 13.4. The molecule has 2 aliphatic heterocycles. The average Bonchev–Trinajstić information content (AvgIpc) is 3.84. The smallest absolute Gasteiger partial charge is 0.268 e. The number of carbonyl (C=O) groups is 10. The molecule has 12 N–H and O–H groups in total. The Hall–Kier alpha value is -5.42. The summed E-state index contributed by atoms with van der Waals surface area (Å²) >= 11 is 0. The van der Waals surface area contributed by atoms with Crippen molar-refractivity contribution in [2.75, 3.05) is 39.8 Å². The van der Waals surface area contributed by atoms with Crippen molar-refractivity contribution < 1.29 is 58.3 Å². The third kappa shape index (κ3) is 17.4. The van der Waals surface area contributed by atoms with Crippen LogP contribution < -0.4 is 48.3 Å². The summed E-state index contributed by atoms with van der Waals surface area (Å²) in [6, 6.07) is -6.37. The maximum absolute atomic E-state index is 13.4. The van der Waals surface area contributed by atoms with E-state index in [0.717, 1.165) is 7.05 Å². The highest BCUT2D eigenvalue weighted by Crippen LogP contribution is 2.18. The van der Waals surface area contributed by atoms with Gasteiger partial charge in [0.2, 0.25) is 53.2 Å². The monoisotopic (exact) mass is 853 g/mol. The molecule has 60 heavy (non-hydrogen) atoms. The number of β-amino-alcohol motifs (C(OH)–C–C–N with tert-alkyl or cyclic N) is 1. The molecular formula is C37H63N11O12. The highest BCUT2D eigenvalue weighted by atomic mass is 16.5. The number of hydrogen-bond acceptors (Lipinski definition) is 13. The molecule has 0 unspecified atom stereocenters. The Morgan fingerprint density at radius 1 is 0.750 bits per heavy atom. The number of primary amides is 1. The zero-order valence-electron chi connectivity index (χ0n) is 35.1. The minimum absolute atomic E-state index is 0.102. The van der Waals surface area contributed by atoms with Gasteiger partial charge in [-0.15, -0.1) is 0 Å². The van der Waals surface area contributed by atoms with Gasteiger partial charge in [0.05, 0.1) is 31.8 Å². The lowest BCUT2D eigenvalue weighted by atomic mass is 10.0. The summed E-state index contributed by atoms with van der Waals surface area (Å²) in [5.41, 5.74) is 5.27. The molecule has 2 rings (SSSR count). The quantitative estimate of drug-likeness (QED) is 0.0340. The summed E-state index contributed by atoms with van der Waals surface area (Å²) in [7, 11) is 1.16. The summed E-state index contributed by atoms with van der Waals surface area (Å²) in [6.45, 7) is 7.44. The van der Waals surface area contributed by atoms with Crippen LogP contribution in [0.3, 0.4) is 0 Å². The average molecular weight is 854 g/mol. The molecule has 23 nitrogen and oxygen atoms in total. The van der Waals surface area contributed by atoms with Crippen LogP contribution in [0.2, 0.25) is 0 Å². The minimum Gasteiger partial charge on any atom is -0.392 e. The van der Waals surface area contributed by atoms with Crippen molar-refractivity contribution in [3.05, 3.63) is 0 Å². The van der Waals surface area contributed by atoms with Crippen LogP contribution in [0, 0.1) is 11.8 Å². The Morgan fingerprint density at radius 3 is 1.85 bits per heavy atom. The molecule has 0 spiro atoms. The molecule has 338 valence electrons. The third-order valence-electron chi connectivity index (χ3n) is 9.64. The van der Waals surface area contributed by atoms with Crippen LogP contribution in [-0.4, -0.2) is 161 Å². The van der Waals surface area contributed by atoms with Crippen molar-refractivity contribution >= 4 is 59.1 Å². The van der Waals surface area contributed by atoms with Crippen molar-refractivity contribution in [1.82, 2.24) is 52.5 Å². The number of nitrogens with zero attached hydrogens (tertiary/aromatic N) is 2. The van der Waals surface area contributed by atoms with Gasteiger partial charge in [-0.3, -0.25) is 53.2 Å². The summed E-state index contributed by atoms with van der Waals surface area (Å²) in [5, 5.41) is 39.7. The lowest BCUT2D eigenvalue weighted by Gasteiger charge is -2.26. The van der Waals surface area contributed by atoms with Crippen molar-refractivity contribution in [2.45, 2.75) is 122 Å². The molecule has 23 heteroatoms. The van der Waals surface area contributed by atoms with E-state index in [9.17, 15) is 58.3 Å². The van der Waals surface area contributed by atoms with E-state index in [0.29, 0.717) is 17.9 Å². The second-order valence-corrected chi connectivity index (χ2v) is 15.9. The molecule has 0 bridgehead atoms. The number of nitrogens with two attached hydrogens (primary N) is 1. The zero-order valence-corrected chi connectivity index (χ0v) is 35.1. The Balaban J connectivity index is 1.98. The van der Waals surface area contributed by atoms with E-state index in [1.54, 1.807) is 27.7 Å². The second kappa shape index (κ2) is 24.6. The largest absolute Gasteiger partial charge is 0.392 e. The van der Waals surface area contributed by atoms with Gasteiger partial charge in [0, 0.05) is 26.6 Å². The number of nitrogens with one attached hydrogen (secondary N) is 8. The van der Waals surface area contributed by atoms with E-state index in [1.165, 1.54) is 11.8 Å². The highest BCUT2D eigenvalue weighted by Gasteiger charge is 2.36. The highest BCUT2D eigenvalue weighted by molar-refractivity contribution is 5.96. The normalized spacial score (nSPS) is 19.3. The van der Waals surface area contributed by atoms with Crippen LogP contribution in [0.5, 0.6) is 0 Å². The zero-order chi connectivity index (χ0) is 45.3. The minimum atomic E-state index is -1.33. The molecular weight excluding hydrogens is 790 g/mol. The van der Waals surface area contributed by atoms with Gasteiger partial charge in [-0.05, 0) is 57.3 Å². The number of likely N-dealkylation sites (N-methyl/N-ethyl adjacent to an activating group) is 1. The molecule has 2 aliphatic rings. The van der Waals surface area contributed by atoms with E-state index in [-0.39, 0.29) is 57.0 Å². The first kappa shape index (κ1) is 50.7. The van der Waals surface area contributed by atoms with Crippen LogP contribution in [0.4, 0.5) is 0 Å². The van der Waals surface area contributed by atoms with Gasteiger partial charge in [-0.25, -0.2) is 5.06 Å².